The predicted octanol–water partition coefficient (Wildman–Crippen LogP) is 2.92. The first kappa shape index (κ1) is 27.1. The van der Waals surface area contributed by atoms with Crippen LogP contribution in [0.2, 0.25) is 5.02 Å². The maximum atomic E-state index is 13.0. The van der Waals surface area contributed by atoms with Crippen LogP contribution in [-0.2, 0) is 4.79 Å². The van der Waals surface area contributed by atoms with Gasteiger partial charge < -0.3 is 25.8 Å². The van der Waals surface area contributed by atoms with Crippen molar-refractivity contribution in [3.8, 4) is 6.07 Å². The van der Waals surface area contributed by atoms with E-state index < -0.39 is 5.92 Å². The lowest BCUT2D eigenvalue weighted by Gasteiger charge is -2.42. The number of quaternary nitrogens is 1. The Bertz CT molecular complexity index is 1120. The van der Waals surface area contributed by atoms with Gasteiger partial charge in [-0.05, 0) is 57.1 Å². The zero-order chi connectivity index (χ0) is 26.4. The van der Waals surface area contributed by atoms with Crippen LogP contribution < -0.4 is 15.5 Å². The Labute approximate surface area is 224 Å². The van der Waals surface area contributed by atoms with E-state index in [1.165, 1.54) is 6.21 Å². The number of piperidine rings is 1. The fourth-order valence-corrected chi connectivity index (χ4v) is 5.44. The van der Waals surface area contributed by atoms with Crippen molar-refractivity contribution in [1.82, 2.24) is 9.80 Å². The molecular weight excluding hydrogens is 486 g/mol. The molecule has 9 heteroatoms. The zero-order valence-corrected chi connectivity index (χ0v) is 22.4. The summed E-state index contributed by atoms with van der Waals surface area (Å²) in [5.74, 6) is -0.896. The molecule has 37 heavy (non-hydrogen) atoms. The van der Waals surface area contributed by atoms with E-state index in [0.29, 0.717) is 22.3 Å². The van der Waals surface area contributed by atoms with Crippen molar-refractivity contribution in [2.24, 2.45) is 5.92 Å². The number of hydrogen-bond acceptors (Lipinski definition) is 6. The first-order chi connectivity index (χ1) is 17.9. The fourth-order valence-electron chi connectivity index (χ4n) is 5.31. The van der Waals surface area contributed by atoms with Crippen LogP contribution in [0.4, 0.5) is 17.1 Å². The van der Waals surface area contributed by atoms with E-state index in [1.807, 2.05) is 36.5 Å². The highest BCUT2D eigenvalue weighted by atomic mass is 35.5. The maximum Gasteiger partial charge on any atom is 0.238 e. The number of carbonyl (C=O) groups is 1. The minimum atomic E-state index is -0.630. The predicted molar refractivity (Wildman–Crippen MR) is 149 cm³/mol. The molecule has 0 saturated carbocycles. The van der Waals surface area contributed by atoms with Crippen molar-refractivity contribution in [2.45, 2.75) is 31.8 Å². The Hall–Kier alpha value is -2.96. The fraction of sp³-hybridized carbons (Fsp3) is 0.464. The van der Waals surface area contributed by atoms with Gasteiger partial charge in [-0.2, -0.15) is 5.26 Å². The Morgan fingerprint density at radius 3 is 2.43 bits per heavy atom. The van der Waals surface area contributed by atoms with Crippen molar-refractivity contribution in [2.75, 3.05) is 56.5 Å². The first-order valence-corrected chi connectivity index (χ1v) is 13.4. The third kappa shape index (κ3) is 6.88. The standard InChI is InChI=1S/C28H36ClN7O/c1-20(32-23-5-3-22(29)4-6-23)26(19-31)28(37)33-24-7-8-27(21(17-24)18-30)36-11-9-25(10-12-36)35-15-13-34(2)14-16-35/h3-8,17,19-20,25-26,31-32H,9-16H2,1-2H3,(H,33,37)/p+1. The number of hydrogen-bond donors (Lipinski definition) is 3. The minimum absolute atomic E-state index is 0.185. The first-order valence-electron chi connectivity index (χ1n) is 13.0. The summed E-state index contributed by atoms with van der Waals surface area (Å²) in [5, 5.41) is 23.2. The number of anilines is 2. The summed E-state index contributed by atoms with van der Waals surface area (Å²) >= 11 is 5.96. The molecule has 2 atom stereocenters. The molecule has 8 nitrogen and oxygen atoms in total. The van der Waals surface area contributed by atoms with Gasteiger partial charge in [0, 0.05) is 74.4 Å². The van der Waals surface area contributed by atoms with Gasteiger partial charge >= 0.3 is 0 Å². The molecule has 0 radical (unpaired) electrons. The van der Waals surface area contributed by atoms with Gasteiger partial charge in [0.1, 0.15) is 23.7 Å². The van der Waals surface area contributed by atoms with Crippen LogP contribution in [0.5, 0.6) is 0 Å². The number of nitrogens with zero attached hydrogens (tertiary/aromatic N) is 4. The molecule has 0 aromatic heterocycles. The van der Waals surface area contributed by atoms with Gasteiger partial charge in [-0.15, -0.1) is 0 Å². The minimum Gasteiger partial charge on any atom is -0.370 e. The third-order valence-corrected chi connectivity index (χ3v) is 7.87. The molecule has 0 spiro atoms. The van der Waals surface area contributed by atoms with E-state index in [9.17, 15) is 10.1 Å². The maximum absolute atomic E-state index is 13.0. The van der Waals surface area contributed by atoms with E-state index in [1.54, 1.807) is 18.2 Å². The second-order valence-corrected chi connectivity index (χ2v) is 10.6. The lowest BCUT2D eigenvalue weighted by molar-refractivity contribution is -0.609. The Morgan fingerprint density at radius 1 is 1.14 bits per heavy atom. The molecule has 2 saturated heterocycles. The number of nitrogens with two attached hydrogens (primary N) is 1. The van der Waals surface area contributed by atoms with Gasteiger partial charge in [-0.3, -0.25) is 9.69 Å². The summed E-state index contributed by atoms with van der Waals surface area (Å²) in [4.78, 5) is 20.3. The van der Waals surface area contributed by atoms with E-state index in [4.69, 9.17) is 17.0 Å². The van der Waals surface area contributed by atoms with Crippen LogP contribution in [0.25, 0.3) is 0 Å². The smallest absolute Gasteiger partial charge is 0.238 e. The monoisotopic (exact) mass is 522 g/mol. The summed E-state index contributed by atoms with van der Waals surface area (Å²) in [5.41, 5.74) is 3.00. The molecule has 2 aliphatic rings. The van der Waals surface area contributed by atoms with Crippen molar-refractivity contribution in [3.63, 3.8) is 0 Å². The zero-order valence-electron chi connectivity index (χ0n) is 21.7. The SMILES string of the molecule is CC([NH2+]c1ccc(Cl)cc1)C(C=N)C(=O)Nc1ccc(N2CCC(N3CCN(C)CC3)CC2)c(C#N)c1. The van der Waals surface area contributed by atoms with Crippen LogP contribution in [0.3, 0.4) is 0 Å². The number of likely N-dealkylation sites (N-methyl/N-ethyl adjacent to an activating group) is 1. The molecule has 196 valence electrons. The van der Waals surface area contributed by atoms with E-state index >= 15 is 0 Å². The van der Waals surface area contributed by atoms with Gasteiger partial charge in [0.2, 0.25) is 5.91 Å². The number of carbonyl (C=O) groups excluding carboxylic acids is 1. The highest BCUT2D eigenvalue weighted by Gasteiger charge is 2.29. The number of piperazine rings is 1. The second kappa shape index (κ2) is 12.5. The highest BCUT2D eigenvalue weighted by Crippen LogP contribution is 2.28. The normalized spacial score (nSPS) is 19.1. The Kier molecular flexibility index (Phi) is 9.17. The summed E-state index contributed by atoms with van der Waals surface area (Å²) in [6.07, 6.45) is 3.36. The van der Waals surface area contributed by atoms with Gasteiger partial charge in [-0.1, -0.05) is 11.6 Å². The average molecular weight is 523 g/mol. The van der Waals surface area contributed by atoms with Crippen molar-refractivity contribution in [3.05, 3.63) is 53.1 Å². The molecule has 2 heterocycles. The number of benzene rings is 2. The number of halogens is 1. The van der Waals surface area contributed by atoms with Crippen LogP contribution in [0.1, 0.15) is 25.3 Å². The molecule has 1 amide bonds. The summed E-state index contributed by atoms with van der Waals surface area (Å²) in [6.45, 7) is 8.28. The number of nitriles is 1. The molecule has 4 rings (SSSR count). The molecule has 0 bridgehead atoms. The van der Waals surface area contributed by atoms with E-state index in [2.05, 4.69) is 33.1 Å². The van der Waals surface area contributed by atoms with Crippen LogP contribution in [0, 0.1) is 22.7 Å². The van der Waals surface area contributed by atoms with E-state index in [-0.39, 0.29) is 11.9 Å². The van der Waals surface area contributed by atoms with E-state index in [0.717, 1.165) is 63.5 Å². The molecule has 2 fully saturated rings. The average Bonchev–Trinajstić information content (AvgIpc) is 2.91. The summed E-state index contributed by atoms with van der Waals surface area (Å²) < 4.78 is 0. The molecule has 0 aliphatic carbocycles. The topological polar surface area (TPSA) is 103 Å². The van der Waals surface area contributed by atoms with Gasteiger partial charge in [0.25, 0.3) is 0 Å². The Morgan fingerprint density at radius 2 is 1.81 bits per heavy atom. The third-order valence-electron chi connectivity index (χ3n) is 7.62. The largest absolute Gasteiger partial charge is 0.370 e. The number of amides is 1. The van der Waals surface area contributed by atoms with Gasteiger partial charge in [0.15, 0.2) is 0 Å². The lowest BCUT2D eigenvalue weighted by Crippen LogP contribution is -2.86. The molecule has 2 aliphatic heterocycles. The Balaban J connectivity index is 1.36. The second-order valence-electron chi connectivity index (χ2n) is 10.2. The molecule has 2 unspecified atom stereocenters. The molecule has 4 N–H and O–H groups in total. The van der Waals surface area contributed by atoms with Crippen LogP contribution >= 0.6 is 11.6 Å². The van der Waals surface area contributed by atoms with Gasteiger partial charge in [0.05, 0.1) is 11.3 Å². The highest BCUT2D eigenvalue weighted by molar-refractivity contribution is 6.30. The summed E-state index contributed by atoms with van der Waals surface area (Å²) in [6, 6.07) is 15.7. The number of nitrogens with one attached hydrogen (secondary N) is 2. The van der Waals surface area contributed by atoms with Crippen LogP contribution in [0.15, 0.2) is 42.5 Å². The summed E-state index contributed by atoms with van der Waals surface area (Å²) in [7, 11) is 2.18. The van der Waals surface area contributed by atoms with Crippen molar-refractivity contribution < 1.29 is 10.1 Å². The van der Waals surface area contributed by atoms with Gasteiger partial charge in [-0.25, -0.2) is 0 Å². The quantitative estimate of drug-likeness (QED) is 0.365. The molecule has 2 aromatic rings. The van der Waals surface area contributed by atoms with Crippen molar-refractivity contribution in [1.29, 1.82) is 10.7 Å². The van der Waals surface area contributed by atoms with Crippen molar-refractivity contribution >= 4 is 40.8 Å². The number of rotatable bonds is 8. The molecule has 2 aromatic carbocycles. The van der Waals surface area contributed by atoms with Crippen LogP contribution in [-0.4, -0.2) is 80.3 Å². The lowest BCUT2D eigenvalue weighted by atomic mass is 10.00. The molecular formula is C28H37ClN7O+.